The molecule has 1 radical (unpaired) electrons. The second-order valence-electron chi connectivity index (χ2n) is 5.81. The van der Waals surface area contributed by atoms with Gasteiger partial charge >= 0.3 is 0 Å². The van der Waals surface area contributed by atoms with Crippen molar-refractivity contribution in [3.8, 4) is 11.3 Å². The second-order valence-corrected chi connectivity index (χ2v) is 5.81. The minimum Gasteiger partial charge on any atom is -0.308 e. The molecule has 1 aromatic carbocycles. The van der Waals surface area contributed by atoms with Gasteiger partial charge in [0.1, 0.15) is 0 Å². The summed E-state index contributed by atoms with van der Waals surface area (Å²) in [5, 5.41) is 3.60. The van der Waals surface area contributed by atoms with Crippen molar-refractivity contribution in [2.75, 3.05) is 6.54 Å². The Morgan fingerprint density at radius 2 is 1.90 bits per heavy atom. The molecule has 2 atom stereocenters. The Hall–Kier alpha value is -1.74. The molecule has 2 unspecified atom stereocenters. The van der Waals surface area contributed by atoms with Gasteiger partial charge in [-0.3, -0.25) is 0 Å². The van der Waals surface area contributed by atoms with Gasteiger partial charge in [0.25, 0.3) is 0 Å². The van der Waals surface area contributed by atoms with Gasteiger partial charge in [0, 0.05) is 29.6 Å². The number of hydrogen-bond acceptors (Lipinski definition) is 3. The number of hydrogen-bond donors (Lipinski definition) is 1. The molecule has 3 rings (SSSR count). The highest BCUT2D eigenvalue weighted by Gasteiger charge is 2.29. The van der Waals surface area contributed by atoms with Crippen LogP contribution in [0.5, 0.6) is 0 Å². The predicted octanol–water partition coefficient (Wildman–Crippen LogP) is 3.80. The molecule has 2 heterocycles. The Bertz CT molecular complexity index is 619. The maximum atomic E-state index is 4.49. The minimum atomic E-state index is 0.325. The molecule has 3 nitrogen and oxygen atoms in total. The van der Waals surface area contributed by atoms with Crippen molar-refractivity contribution < 1.29 is 0 Å². The molecular formula is C18H22N3. The molecule has 0 aliphatic carbocycles. The molecule has 1 aliphatic rings. The van der Waals surface area contributed by atoms with Gasteiger partial charge in [-0.25, -0.2) is 9.97 Å². The fourth-order valence-corrected chi connectivity index (χ4v) is 3.14. The van der Waals surface area contributed by atoms with Crippen LogP contribution in [0.2, 0.25) is 0 Å². The van der Waals surface area contributed by atoms with E-state index in [1.54, 1.807) is 0 Å². The molecule has 1 aliphatic heterocycles. The number of aromatic nitrogens is 2. The zero-order chi connectivity index (χ0) is 14.8. The van der Waals surface area contributed by atoms with Crippen LogP contribution < -0.4 is 5.32 Å². The van der Waals surface area contributed by atoms with Crippen LogP contribution in [0.3, 0.4) is 0 Å². The van der Waals surface area contributed by atoms with Gasteiger partial charge in [-0.15, -0.1) is 0 Å². The quantitative estimate of drug-likeness (QED) is 0.929. The van der Waals surface area contributed by atoms with Gasteiger partial charge in [0.2, 0.25) is 0 Å². The maximum absolute atomic E-state index is 4.49. The summed E-state index contributed by atoms with van der Waals surface area (Å²) in [5.41, 5.74) is 5.97. The monoisotopic (exact) mass is 280 g/mol. The Kier molecular flexibility index (Phi) is 4.02. The van der Waals surface area contributed by atoms with Crippen molar-refractivity contribution in [2.45, 2.75) is 45.6 Å². The molecule has 21 heavy (non-hydrogen) atoms. The van der Waals surface area contributed by atoms with Gasteiger partial charge in [-0.2, -0.15) is 0 Å². The van der Waals surface area contributed by atoms with Crippen molar-refractivity contribution in [2.24, 2.45) is 0 Å². The molecule has 0 fully saturated rings. The van der Waals surface area contributed by atoms with E-state index in [1.165, 1.54) is 16.7 Å². The topological polar surface area (TPSA) is 37.8 Å². The van der Waals surface area contributed by atoms with Crippen LogP contribution >= 0.6 is 0 Å². The van der Waals surface area contributed by atoms with Gasteiger partial charge in [-0.05, 0) is 19.8 Å². The summed E-state index contributed by atoms with van der Waals surface area (Å²) in [7, 11) is 0. The highest BCUT2D eigenvalue weighted by atomic mass is 15.0. The fraction of sp³-hybridized carbons (Fsp3) is 0.444. The van der Waals surface area contributed by atoms with Gasteiger partial charge in [0.15, 0.2) is 6.33 Å². The molecular weight excluding hydrogens is 258 g/mol. The van der Waals surface area contributed by atoms with Crippen molar-refractivity contribution in [3.63, 3.8) is 0 Å². The minimum absolute atomic E-state index is 0.325. The summed E-state index contributed by atoms with van der Waals surface area (Å²) in [5.74, 6) is 0.480. The average molecular weight is 280 g/mol. The normalized spacial score (nSPS) is 21.1. The first kappa shape index (κ1) is 14.2. The molecule has 2 aromatic rings. The SMILES string of the molecule is CCC1CNC(CC)c2n[c]nc(-c3ccc(C)cc3)c21. The summed E-state index contributed by atoms with van der Waals surface area (Å²) in [6, 6.07) is 8.92. The first-order chi connectivity index (χ1) is 10.2. The molecule has 1 N–H and O–H groups in total. The lowest BCUT2D eigenvalue weighted by atomic mass is 9.85. The van der Waals surface area contributed by atoms with E-state index in [-0.39, 0.29) is 0 Å². The van der Waals surface area contributed by atoms with Crippen LogP contribution in [0.25, 0.3) is 11.3 Å². The number of benzene rings is 1. The van der Waals surface area contributed by atoms with E-state index in [2.05, 4.69) is 66.6 Å². The van der Waals surface area contributed by atoms with Crippen LogP contribution in [0.4, 0.5) is 0 Å². The van der Waals surface area contributed by atoms with Crippen LogP contribution in [-0.2, 0) is 0 Å². The predicted molar refractivity (Wildman–Crippen MR) is 85.1 cm³/mol. The number of fused-ring (bicyclic) bond motifs is 1. The van der Waals surface area contributed by atoms with Crippen LogP contribution in [-0.4, -0.2) is 16.5 Å². The fourth-order valence-electron chi connectivity index (χ4n) is 3.14. The van der Waals surface area contributed by atoms with Crippen molar-refractivity contribution >= 4 is 0 Å². The number of nitrogens with one attached hydrogen (secondary N) is 1. The Morgan fingerprint density at radius 1 is 1.14 bits per heavy atom. The third kappa shape index (κ3) is 2.58. The third-order valence-electron chi connectivity index (χ3n) is 4.44. The van der Waals surface area contributed by atoms with Gasteiger partial charge < -0.3 is 5.32 Å². The van der Waals surface area contributed by atoms with E-state index in [4.69, 9.17) is 0 Å². The Labute approximate surface area is 126 Å². The van der Waals surface area contributed by atoms with Gasteiger partial charge in [-0.1, -0.05) is 43.7 Å². The molecule has 3 heteroatoms. The molecule has 0 amide bonds. The molecule has 1 aromatic heterocycles. The van der Waals surface area contributed by atoms with Crippen LogP contribution in [0.15, 0.2) is 24.3 Å². The van der Waals surface area contributed by atoms with Crippen molar-refractivity contribution in [3.05, 3.63) is 47.4 Å². The first-order valence-corrected chi connectivity index (χ1v) is 7.82. The summed E-state index contributed by atoms with van der Waals surface area (Å²) in [6.07, 6.45) is 5.01. The van der Waals surface area contributed by atoms with E-state index >= 15 is 0 Å². The lowest BCUT2D eigenvalue weighted by Gasteiger charge is -2.32. The van der Waals surface area contributed by atoms with Crippen molar-refractivity contribution in [1.29, 1.82) is 0 Å². The Balaban J connectivity index is 2.15. The molecule has 0 spiro atoms. The van der Waals surface area contributed by atoms with Crippen molar-refractivity contribution in [1.82, 2.24) is 15.3 Å². The highest BCUT2D eigenvalue weighted by molar-refractivity contribution is 5.65. The van der Waals surface area contributed by atoms with E-state index < -0.39 is 0 Å². The Morgan fingerprint density at radius 3 is 2.57 bits per heavy atom. The molecule has 0 saturated carbocycles. The zero-order valence-electron chi connectivity index (χ0n) is 13.0. The standard InChI is InChI=1S/C18H22N3/c1-4-13-10-19-15(5-2)18-16(13)17(20-11-21-18)14-8-6-12(3)7-9-14/h6-9,13,15,19H,4-5,10H2,1-3H3. The lowest BCUT2D eigenvalue weighted by Crippen LogP contribution is -2.34. The molecule has 109 valence electrons. The van der Waals surface area contributed by atoms with Gasteiger partial charge in [0.05, 0.1) is 11.4 Å². The second kappa shape index (κ2) is 5.94. The third-order valence-corrected chi connectivity index (χ3v) is 4.44. The van der Waals surface area contributed by atoms with E-state index in [0.29, 0.717) is 12.0 Å². The van der Waals surface area contributed by atoms with E-state index in [0.717, 1.165) is 30.8 Å². The van der Waals surface area contributed by atoms with E-state index in [1.807, 2.05) is 0 Å². The highest BCUT2D eigenvalue weighted by Crippen LogP contribution is 2.37. The summed E-state index contributed by atoms with van der Waals surface area (Å²) < 4.78 is 0. The average Bonchev–Trinajstić information content (AvgIpc) is 2.54. The van der Waals surface area contributed by atoms with Crippen LogP contribution in [0, 0.1) is 13.3 Å². The lowest BCUT2D eigenvalue weighted by molar-refractivity contribution is 0.427. The zero-order valence-corrected chi connectivity index (χ0v) is 13.0. The summed E-state index contributed by atoms with van der Waals surface area (Å²) in [6.45, 7) is 7.55. The first-order valence-electron chi connectivity index (χ1n) is 7.82. The van der Waals surface area contributed by atoms with E-state index in [9.17, 15) is 0 Å². The maximum Gasteiger partial charge on any atom is 0.198 e. The largest absolute Gasteiger partial charge is 0.308 e. The number of rotatable bonds is 3. The van der Waals surface area contributed by atoms with Crippen LogP contribution in [0.1, 0.15) is 55.5 Å². The molecule has 0 saturated heterocycles. The molecule has 0 bridgehead atoms. The number of aryl methyl sites for hydroxylation is 1. The summed E-state index contributed by atoms with van der Waals surface area (Å²) >= 11 is 0. The smallest absolute Gasteiger partial charge is 0.198 e. The summed E-state index contributed by atoms with van der Waals surface area (Å²) in [4.78, 5) is 8.97. The number of nitrogens with zero attached hydrogens (tertiary/aromatic N) is 2.